The van der Waals surface area contributed by atoms with Crippen molar-refractivity contribution in [2.24, 2.45) is 0 Å². The minimum atomic E-state index is 0. The second-order valence-electron chi connectivity index (χ2n) is 0. The van der Waals surface area contributed by atoms with Crippen molar-refractivity contribution in [3.8, 4) is 0 Å². The molecular weight excluding hydrogens is 182 g/mol. The van der Waals surface area contributed by atoms with Crippen molar-refractivity contribution >= 4 is 48.9 Å². The molecule has 0 aromatic carbocycles. The van der Waals surface area contributed by atoms with Gasteiger partial charge in [-0.15, -0.1) is 0 Å². The molecule has 4 heteroatoms. The Hall–Kier alpha value is 2.03. The van der Waals surface area contributed by atoms with Crippen LogP contribution < -0.4 is 28.3 Å². The fourth-order valence-electron chi connectivity index (χ4n) is 0. The molecular formula is BaF2Li+. The third-order valence-electron chi connectivity index (χ3n) is 0. The third kappa shape index (κ3) is 8.98. The van der Waals surface area contributed by atoms with Gasteiger partial charge in [0.1, 0.15) is 0 Å². The molecule has 0 rings (SSSR count). The van der Waals surface area contributed by atoms with Crippen molar-refractivity contribution in [2.45, 2.75) is 0 Å². The number of hydrogen-bond acceptors (Lipinski definition) is 0. The minimum absolute atomic E-state index is 0. The van der Waals surface area contributed by atoms with Gasteiger partial charge in [0.25, 0.3) is 0 Å². The van der Waals surface area contributed by atoms with Gasteiger partial charge < -0.3 is 9.41 Å². The summed E-state index contributed by atoms with van der Waals surface area (Å²) < 4.78 is 0. The molecule has 0 atom stereocenters. The first-order valence-electron chi connectivity index (χ1n) is 0. The van der Waals surface area contributed by atoms with E-state index in [9.17, 15) is 0 Å². The topological polar surface area (TPSA) is 0 Å². The van der Waals surface area contributed by atoms with Crippen molar-refractivity contribution in [3.05, 3.63) is 0 Å². The first kappa shape index (κ1) is 37.0. The molecule has 0 heterocycles. The monoisotopic (exact) mass is 183 g/mol. The molecule has 0 saturated carbocycles. The molecule has 0 spiro atoms. The second-order valence-corrected chi connectivity index (χ2v) is 0. The van der Waals surface area contributed by atoms with Crippen molar-refractivity contribution < 1.29 is 28.3 Å². The molecule has 0 aliphatic carbocycles. The molecule has 0 amide bonds. The van der Waals surface area contributed by atoms with Gasteiger partial charge >= 0.3 is 67.7 Å². The predicted molar refractivity (Wildman–Crippen MR) is 5.75 cm³/mol. The summed E-state index contributed by atoms with van der Waals surface area (Å²) in [5, 5.41) is 0. The van der Waals surface area contributed by atoms with Crippen LogP contribution in [-0.4, -0.2) is 48.9 Å². The Morgan fingerprint density at radius 2 is 0.750 bits per heavy atom. The van der Waals surface area contributed by atoms with Crippen LogP contribution in [-0.2, 0) is 0 Å². The maximum absolute atomic E-state index is 0. The van der Waals surface area contributed by atoms with Crippen LogP contribution in [0.1, 0.15) is 0 Å². The summed E-state index contributed by atoms with van der Waals surface area (Å²) in [4.78, 5) is 0. The van der Waals surface area contributed by atoms with Crippen LogP contribution in [0.15, 0.2) is 0 Å². The maximum atomic E-state index is 0. The van der Waals surface area contributed by atoms with Crippen LogP contribution in [0, 0.1) is 0 Å². The van der Waals surface area contributed by atoms with Gasteiger partial charge in [0.15, 0.2) is 0 Å². The van der Waals surface area contributed by atoms with Crippen molar-refractivity contribution in [1.82, 2.24) is 0 Å². The van der Waals surface area contributed by atoms with E-state index in [-0.39, 0.29) is 77.2 Å². The van der Waals surface area contributed by atoms with E-state index in [1.165, 1.54) is 0 Å². The quantitative estimate of drug-likeness (QED) is 0.326. The molecule has 0 aliphatic heterocycles. The van der Waals surface area contributed by atoms with E-state index < -0.39 is 0 Å². The van der Waals surface area contributed by atoms with E-state index >= 15 is 0 Å². The van der Waals surface area contributed by atoms with Crippen LogP contribution in [0.2, 0.25) is 0 Å². The third-order valence-corrected chi connectivity index (χ3v) is 0. The average molecular weight is 182 g/mol. The number of rotatable bonds is 0. The van der Waals surface area contributed by atoms with E-state index in [2.05, 4.69) is 0 Å². The largest absolute Gasteiger partial charge is 2.00 e. The molecule has 0 unspecified atom stereocenters. The Bertz CT molecular complexity index is 6.00. The smallest absolute Gasteiger partial charge is 1.00 e. The van der Waals surface area contributed by atoms with Gasteiger partial charge in [0.2, 0.25) is 0 Å². The molecule has 16 valence electrons. The first-order chi connectivity index (χ1) is 0. The van der Waals surface area contributed by atoms with E-state index in [1.807, 2.05) is 0 Å². The summed E-state index contributed by atoms with van der Waals surface area (Å²) in [6, 6.07) is 0. The fraction of sp³-hybridized carbons (Fsp3) is 0. The van der Waals surface area contributed by atoms with Crippen LogP contribution in [0.5, 0.6) is 0 Å². The Balaban J connectivity index is 0. The number of hydrogen-bond donors (Lipinski definition) is 0. The average Bonchev–Trinajstić information content (AvgIpc) is 0. The van der Waals surface area contributed by atoms with Crippen LogP contribution in [0.4, 0.5) is 0 Å². The zero-order chi connectivity index (χ0) is 0. The van der Waals surface area contributed by atoms with Gasteiger partial charge in [-0.05, 0) is 0 Å². The molecule has 0 fully saturated rings. The van der Waals surface area contributed by atoms with E-state index in [1.54, 1.807) is 0 Å². The standard InChI is InChI=1S/Ba.2FH.Li/h;2*1H;/q+2;;;+1/p-2. The molecule has 0 nitrogen and oxygen atoms in total. The van der Waals surface area contributed by atoms with Gasteiger partial charge in [-0.1, -0.05) is 0 Å². The summed E-state index contributed by atoms with van der Waals surface area (Å²) >= 11 is 0. The van der Waals surface area contributed by atoms with Crippen molar-refractivity contribution in [2.75, 3.05) is 0 Å². The van der Waals surface area contributed by atoms with Crippen molar-refractivity contribution in [1.29, 1.82) is 0 Å². The van der Waals surface area contributed by atoms with E-state index in [4.69, 9.17) is 0 Å². The predicted octanol–water partition coefficient (Wildman–Crippen LogP) is -9.37. The molecule has 0 aromatic rings. The van der Waals surface area contributed by atoms with Crippen LogP contribution in [0.25, 0.3) is 0 Å². The normalized spacial score (nSPS) is 0. The Labute approximate surface area is 75.7 Å². The molecule has 0 aliphatic rings. The minimum Gasteiger partial charge on any atom is -1.00 e. The summed E-state index contributed by atoms with van der Waals surface area (Å²) in [7, 11) is 0. The van der Waals surface area contributed by atoms with E-state index in [0.29, 0.717) is 0 Å². The van der Waals surface area contributed by atoms with Gasteiger partial charge in [-0.3, -0.25) is 0 Å². The first-order valence-corrected chi connectivity index (χ1v) is 0. The molecule has 0 N–H and O–H groups in total. The maximum Gasteiger partial charge on any atom is 2.00 e. The molecule has 0 saturated heterocycles. The molecule has 4 heavy (non-hydrogen) atoms. The Kier molecular flexibility index (Phi) is 184. The summed E-state index contributed by atoms with van der Waals surface area (Å²) in [5.41, 5.74) is 0. The molecule has 0 aromatic heterocycles. The van der Waals surface area contributed by atoms with Crippen LogP contribution >= 0.6 is 0 Å². The number of halogens is 2. The summed E-state index contributed by atoms with van der Waals surface area (Å²) in [6.45, 7) is 0. The zero-order valence-electron chi connectivity index (χ0n) is 2.46. The SMILES string of the molecule is [Ba+2].[F-].[F-].[Li+]. The summed E-state index contributed by atoms with van der Waals surface area (Å²) in [5.74, 6) is 0. The molecule has 0 radical (unpaired) electrons. The zero-order valence-corrected chi connectivity index (χ0v) is 6.90. The van der Waals surface area contributed by atoms with Gasteiger partial charge in [-0.25, -0.2) is 0 Å². The fourth-order valence-corrected chi connectivity index (χ4v) is 0. The van der Waals surface area contributed by atoms with Crippen molar-refractivity contribution in [3.63, 3.8) is 0 Å². The van der Waals surface area contributed by atoms with Gasteiger partial charge in [0.05, 0.1) is 0 Å². The summed E-state index contributed by atoms with van der Waals surface area (Å²) in [6.07, 6.45) is 0. The van der Waals surface area contributed by atoms with Crippen LogP contribution in [0.3, 0.4) is 0 Å². The Morgan fingerprint density at radius 1 is 0.750 bits per heavy atom. The second kappa shape index (κ2) is 19.8. The van der Waals surface area contributed by atoms with Gasteiger partial charge in [0, 0.05) is 0 Å². The van der Waals surface area contributed by atoms with E-state index in [0.717, 1.165) is 0 Å². The molecule has 0 bridgehead atoms. The Morgan fingerprint density at radius 3 is 0.750 bits per heavy atom. The van der Waals surface area contributed by atoms with Gasteiger partial charge in [-0.2, -0.15) is 0 Å².